The zero-order chi connectivity index (χ0) is 7.56. The number of ether oxygens (including phenoxy) is 1. The third kappa shape index (κ3) is 1.51. The van der Waals surface area contributed by atoms with E-state index in [9.17, 15) is 4.79 Å². The number of amides is 1. The SMILES string of the molecule is Cc1cc(OC(N)=O)co1. The number of hydrogen-bond donors (Lipinski definition) is 1. The van der Waals surface area contributed by atoms with Crippen molar-refractivity contribution < 1.29 is 13.9 Å². The predicted octanol–water partition coefficient (Wildman–Crippen LogP) is 1.05. The van der Waals surface area contributed by atoms with Gasteiger partial charge < -0.3 is 14.9 Å². The van der Waals surface area contributed by atoms with Gasteiger partial charge in [0.25, 0.3) is 0 Å². The van der Waals surface area contributed by atoms with Crippen molar-refractivity contribution in [1.29, 1.82) is 0 Å². The van der Waals surface area contributed by atoms with Gasteiger partial charge in [0, 0.05) is 6.07 Å². The molecule has 4 heteroatoms. The number of furan rings is 1. The second-order valence-corrected chi connectivity index (χ2v) is 1.81. The van der Waals surface area contributed by atoms with E-state index in [1.54, 1.807) is 13.0 Å². The molecule has 0 saturated heterocycles. The smallest absolute Gasteiger partial charge is 0.410 e. The molecule has 54 valence electrons. The van der Waals surface area contributed by atoms with Crippen LogP contribution in [-0.4, -0.2) is 6.09 Å². The average Bonchev–Trinajstić information content (AvgIpc) is 2.13. The first kappa shape index (κ1) is 6.67. The zero-order valence-electron chi connectivity index (χ0n) is 5.46. The minimum absolute atomic E-state index is 0.338. The van der Waals surface area contributed by atoms with Crippen molar-refractivity contribution in [1.82, 2.24) is 0 Å². The van der Waals surface area contributed by atoms with Crippen LogP contribution in [-0.2, 0) is 0 Å². The van der Waals surface area contributed by atoms with Crippen LogP contribution >= 0.6 is 0 Å². The van der Waals surface area contributed by atoms with E-state index in [0.717, 1.165) is 0 Å². The number of carbonyl (C=O) groups is 1. The van der Waals surface area contributed by atoms with E-state index in [-0.39, 0.29) is 0 Å². The number of primary amides is 1. The summed E-state index contributed by atoms with van der Waals surface area (Å²) in [5.41, 5.74) is 4.73. The Morgan fingerprint density at radius 3 is 2.90 bits per heavy atom. The summed E-state index contributed by atoms with van der Waals surface area (Å²) in [6.45, 7) is 1.74. The number of carbonyl (C=O) groups excluding carboxylic acids is 1. The summed E-state index contributed by atoms with van der Waals surface area (Å²) in [5.74, 6) is 1.02. The van der Waals surface area contributed by atoms with Gasteiger partial charge in [-0.05, 0) is 6.92 Å². The highest BCUT2D eigenvalue weighted by Crippen LogP contribution is 2.13. The fourth-order valence-corrected chi connectivity index (χ4v) is 0.589. The minimum Gasteiger partial charge on any atom is -0.466 e. The molecule has 1 amide bonds. The Balaban J connectivity index is 2.67. The number of hydrogen-bond acceptors (Lipinski definition) is 3. The van der Waals surface area contributed by atoms with Crippen LogP contribution in [0.3, 0.4) is 0 Å². The molecule has 0 saturated carbocycles. The van der Waals surface area contributed by atoms with E-state index in [1.165, 1.54) is 6.26 Å². The van der Waals surface area contributed by atoms with Crippen molar-refractivity contribution in [2.45, 2.75) is 6.92 Å². The molecule has 0 spiro atoms. The highest BCUT2D eigenvalue weighted by molar-refractivity contribution is 5.67. The summed E-state index contributed by atoms with van der Waals surface area (Å²) in [6, 6.07) is 1.57. The fourth-order valence-electron chi connectivity index (χ4n) is 0.589. The first-order valence-electron chi connectivity index (χ1n) is 2.71. The summed E-state index contributed by atoms with van der Waals surface area (Å²) < 4.78 is 9.31. The van der Waals surface area contributed by atoms with Crippen molar-refractivity contribution in [2.75, 3.05) is 0 Å². The van der Waals surface area contributed by atoms with Gasteiger partial charge in [0.1, 0.15) is 12.0 Å². The Bertz CT molecular complexity index is 241. The van der Waals surface area contributed by atoms with Gasteiger partial charge in [0.15, 0.2) is 5.75 Å². The standard InChI is InChI=1S/C6H7NO3/c1-4-2-5(3-9-4)10-6(7)8/h2-3H,1H3,(H2,7,8). The van der Waals surface area contributed by atoms with Crippen LogP contribution in [0.25, 0.3) is 0 Å². The van der Waals surface area contributed by atoms with Crippen molar-refractivity contribution >= 4 is 6.09 Å². The van der Waals surface area contributed by atoms with Gasteiger partial charge in [-0.2, -0.15) is 0 Å². The minimum atomic E-state index is -0.833. The van der Waals surface area contributed by atoms with Gasteiger partial charge in [-0.3, -0.25) is 0 Å². The van der Waals surface area contributed by atoms with Gasteiger partial charge in [-0.1, -0.05) is 0 Å². The molecular weight excluding hydrogens is 134 g/mol. The molecule has 10 heavy (non-hydrogen) atoms. The lowest BCUT2D eigenvalue weighted by Gasteiger charge is -1.91. The van der Waals surface area contributed by atoms with Crippen molar-refractivity contribution in [3.05, 3.63) is 18.1 Å². The second-order valence-electron chi connectivity index (χ2n) is 1.81. The molecule has 0 aliphatic rings. The molecule has 0 radical (unpaired) electrons. The number of aryl methyl sites for hydroxylation is 1. The van der Waals surface area contributed by atoms with Crippen molar-refractivity contribution in [3.8, 4) is 5.75 Å². The summed E-state index contributed by atoms with van der Waals surface area (Å²) in [4.78, 5) is 10.1. The normalized spacial score (nSPS) is 9.30. The van der Waals surface area contributed by atoms with Gasteiger partial charge in [-0.25, -0.2) is 4.79 Å². The van der Waals surface area contributed by atoms with Gasteiger partial charge in [-0.15, -0.1) is 0 Å². The molecule has 0 bridgehead atoms. The Morgan fingerprint density at radius 2 is 2.50 bits per heavy atom. The van der Waals surface area contributed by atoms with Gasteiger partial charge in [0.2, 0.25) is 0 Å². The van der Waals surface area contributed by atoms with Crippen LogP contribution in [0.1, 0.15) is 5.76 Å². The maximum Gasteiger partial charge on any atom is 0.410 e. The molecule has 1 aromatic rings. The molecular formula is C6H7NO3. The van der Waals surface area contributed by atoms with Gasteiger partial charge >= 0.3 is 6.09 Å². The van der Waals surface area contributed by atoms with Crippen LogP contribution in [0.5, 0.6) is 5.75 Å². The largest absolute Gasteiger partial charge is 0.466 e. The Kier molecular flexibility index (Phi) is 1.62. The Hall–Kier alpha value is -1.45. The summed E-state index contributed by atoms with van der Waals surface area (Å²) in [7, 11) is 0. The quantitative estimate of drug-likeness (QED) is 0.635. The van der Waals surface area contributed by atoms with Crippen LogP contribution in [0.15, 0.2) is 16.7 Å². The molecule has 1 heterocycles. The van der Waals surface area contributed by atoms with E-state index in [4.69, 9.17) is 10.2 Å². The lowest BCUT2D eigenvalue weighted by Crippen LogP contribution is -2.15. The van der Waals surface area contributed by atoms with Crippen molar-refractivity contribution in [2.24, 2.45) is 5.73 Å². The van der Waals surface area contributed by atoms with E-state index in [2.05, 4.69) is 4.74 Å². The lowest BCUT2D eigenvalue weighted by molar-refractivity contribution is 0.210. The summed E-state index contributed by atoms with van der Waals surface area (Å²) in [6.07, 6.45) is 0.487. The molecule has 1 aromatic heterocycles. The van der Waals surface area contributed by atoms with Crippen LogP contribution < -0.4 is 10.5 Å². The molecule has 0 aliphatic heterocycles. The Labute approximate surface area is 57.6 Å². The summed E-state index contributed by atoms with van der Waals surface area (Å²) >= 11 is 0. The topological polar surface area (TPSA) is 65.5 Å². The van der Waals surface area contributed by atoms with Crippen LogP contribution in [0.4, 0.5) is 4.79 Å². The van der Waals surface area contributed by atoms with E-state index >= 15 is 0 Å². The first-order chi connectivity index (χ1) is 4.68. The van der Waals surface area contributed by atoms with E-state index < -0.39 is 6.09 Å². The summed E-state index contributed by atoms with van der Waals surface area (Å²) in [5, 5.41) is 0. The molecule has 0 aromatic carbocycles. The maximum absolute atomic E-state index is 10.1. The average molecular weight is 141 g/mol. The molecule has 4 nitrogen and oxygen atoms in total. The van der Waals surface area contributed by atoms with Crippen LogP contribution in [0.2, 0.25) is 0 Å². The highest BCUT2D eigenvalue weighted by atomic mass is 16.6. The monoisotopic (exact) mass is 141 g/mol. The Morgan fingerprint density at radius 1 is 1.80 bits per heavy atom. The molecule has 2 N–H and O–H groups in total. The predicted molar refractivity (Wildman–Crippen MR) is 33.7 cm³/mol. The van der Waals surface area contributed by atoms with Crippen molar-refractivity contribution in [3.63, 3.8) is 0 Å². The first-order valence-corrected chi connectivity index (χ1v) is 2.71. The molecule has 0 atom stereocenters. The van der Waals surface area contributed by atoms with E-state index in [1.807, 2.05) is 0 Å². The highest BCUT2D eigenvalue weighted by Gasteiger charge is 2.00. The molecule has 0 unspecified atom stereocenters. The maximum atomic E-state index is 10.1. The second kappa shape index (κ2) is 2.43. The third-order valence-electron chi connectivity index (χ3n) is 0.925. The van der Waals surface area contributed by atoms with Gasteiger partial charge in [0.05, 0.1) is 0 Å². The zero-order valence-corrected chi connectivity index (χ0v) is 5.46. The number of nitrogens with two attached hydrogens (primary N) is 1. The third-order valence-corrected chi connectivity index (χ3v) is 0.925. The molecule has 0 aliphatic carbocycles. The van der Waals surface area contributed by atoms with E-state index in [0.29, 0.717) is 11.5 Å². The molecule has 0 fully saturated rings. The van der Waals surface area contributed by atoms with Crippen LogP contribution in [0, 0.1) is 6.92 Å². The molecule has 1 rings (SSSR count). The fraction of sp³-hybridized carbons (Fsp3) is 0.167. The number of rotatable bonds is 1. The lowest BCUT2D eigenvalue weighted by atomic mass is 10.5.